The minimum Gasteiger partial charge on any atom is -0.311 e. The number of hydrazone groups is 1. The van der Waals surface area contributed by atoms with Crippen LogP contribution in [-0.2, 0) is 0 Å². The number of fused-ring (bicyclic) bond motifs is 2. The van der Waals surface area contributed by atoms with Crippen LogP contribution in [0.1, 0.15) is 44.7 Å². The highest BCUT2D eigenvalue weighted by Gasteiger charge is 2.38. The number of aromatic nitrogens is 1. The van der Waals surface area contributed by atoms with Gasteiger partial charge >= 0.3 is 0 Å². The van der Waals surface area contributed by atoms with E-state index in [1.54, 1.807) is 0 Å². The van der Waals surface area contributed by atoms with E-state index in [9.17, 15) is 4.39 Å². The van der Waals surface area contributed by atoms with Crippen LogP contribution in [0, 0.1) is 11.7 Å². The number of aliphatic imine (C=N–C) groups is 1. The normalized spacial score (nSPS) is 28.7. The van der Waals surface area contributed by atoms with E-state index >= 15 is 0 Å². The van der Waals surface area contributed by atoms with Gasteiger partial charge in [0.25, 0.3) is 0 Å². The van der Waals surface area contributed by atoms with Crippen molar-refractivity contribution in [1.29, 1.82) is 0 Å². The first-order valence-corrected chi connectivity index (χ1v) is 10.5. The molecule has 0 saturated heterocycles. The molecule has 1 aromatic rings. The first-order valence-electron chi connectivity index (χ1n) is 10.2. The third kappa shape index (κ3) is 3.39. The van der Waals surface area contributed by atoms with E-state index in [4.69, 9.17) is 21.7 Å². The summed E-state index contributed by atoms with van der Waals surface area (Å²) in [7, 11) is 0. The first kappa shape index (κ1) is 18.6. The molecule has 0 amide bonds. The molecule has 150 valence electrons. The zero-order chi connectivity index (χ0) is 20.0. The third-order valence-corrected chi connectivity index (χ3v) is 6.61. The largest absolute Gasteiger partial charge is 0.311 e. The van der Waals surface area contributed by atoms with Gasteiger partial charge in [-0.15, -0.1) is 0 Å². The predicted octanol–water partition coefficient (Wildman–Crippen LogP) is 4.89. The molecule has 0 aromatic carbocycles. The molecule has 0 radical (unpaired) electrons. The van der Waals surface area contributed by atoms with Gasteiger partial charge in [-0.2, -0.15) is 5.10 Å². The quantitative estimate of drug-likeness (QED) is 0.695. The lowest BCUT2D eigenvalue weighted by molar-refractivity contribution is 0.204. The Bertz CT molecular complexity index is 979. The van der Waals surface area contributed by atoms with Crippen molar-refractivity contribution in [2.45, 2.75) is 51.1 Å². The van der Waals surface area contributed by atoms with E-state index in [0.717, 1.165) is 59.9 Å². The van der Waals surface area contributed by atoms with Crippen molar-refractivity contribution in [2.75, 3.05) is 0 Å². The summed E-state index contributed by atoms with van der Waals surface area (Å²) in [5, 5.41) is 7.69. The summed E-state index contributed by atoms with van der Waals surface area (Å²) in [5.74, 6) is 1.13. The smallest absolute Gasteiger partial charge is 0.149 e. The van der Waals surface area contributed by atoms with Crippen LogP contribution >= 0.6 is 11.6 Å². The number of hydrogen-bond donors (Lipinski definition) is 0. The summed E-state index contributed by atoms with van der Waals surface area (Å²) in [6.07, 6.45) is 14.1. The summed E-state index contributed by atoms with van der Waals surface area (Å²) < 4.78 is 13.5. The first-order chi connectivity index (χ1) is 14.1. The zero-order valence-corrected chi connectivity index (χ0v) is 17.1. The van der Waals surface area contributed by atoms with Crippen molar-refractivity contribution in [2.24, 2.45) is 16.0 Å². The van der Waals surface area contributed by atoms with Gasteiger partial charge in [0.05, 0.1) is 17.9 Å². The van der Waals surface area contributed by atoms with E-state index in [2.05, 4.69) is 27.9 Å². The molecule has 29 heavy (non-hydrogen) atoms. The van der Waals surface area contributed by atoms with Crippen molar-refractivity contribution in [3.05, 3.63) is 59.0 Å². The van der Waals surface area contributed by atoms with Gasteiger partial charge in [-0.05, 0) is 62.8 Å². The lowest BCUT2D eigenvalue weighted by Gasteiger charge is -2.35. The minimum atomic E-state index is -0.245. The maximum Gasteiger partial charge on any atom is 0.149 e. The molecular weight excluding hydrogens is 389 g/mol. The summed E-state index contributed by atoms with van der Waals surface area (Å²) in [6, 6.07) is 3.42. The Morgan fingerprint density at radius 1 is 1.24 bits per heavy atom. The predicted molar refractivity (Wildman–Crippen MR) is 114 cm³/mol. The Morgan fingerprint density at radius 2 is 2.14 bits per heavy atom. The SMILES string of the molecule is CC1C2CCC(Cl)=CC2=NC=C2N1C=NN2C1CC=C(c2cc(F)ccn2)CC1. The van der Waals surface area contributed by atoms with Gasteiger partial charge in [-0.3, -0.25) is 9.98 Å². The van der Waals surface area contributed by atoms with Crippen molar-refractivity contribution in [1.82, 2.24) is 14.9 Å². The molecule has 2 aliphatic heterocycles. The summed E-state index contributed by atoms with van der Waals surface area (Å²) in [6.45, 7) is 2.23. The molecule has 1 aromatic heterocycles. The summed E-state index contributed by atoms with van der Waals surface area (Å²) in [5.41, 5.74) is 2.90. The molecule has 0 spiro atoms. The average molecular weight is 412 g/mol. The second-order valence-electron chi connectivity index (χ2n) is 8.02. The highest BCUT2D eigenvalue weighted by atomic mass is 35.5. The van der Waals surface area contributed by atoms with Crippen molar-refractivity contribution in [3.8, 4) is 0 Å². The number of hydrogen-bond acceptors (Lipinski definition) is 5. The second kappa shape index (κ2) is 7.41. The van der Waals surface area contributed by atoms with E-state index in [-0.39, 0.29) is 17.9 Å². The molecular formula is C22H23ClFN5. The molecule has 5 rings (SSSR count). The molecule has 0 fully saturated rings. The topological polar surface area (TPSA) is 44.1 Å². The van der Waals surface area contributed by atoms with Gasteiger partial charge in [0, 0.05) is 28.9 Å². The van der Waals surface area contributed by atoms with Crippen LogP contribution in [0.3, 0.4) is 0 Å². The Balaban J connectivity index is 1.37. The molecule has 3 unspecified atom stereocenters. The van der Waals surface area contributed by atoms with Crippen LogP contribution in [0.25, 0.3) is 5.57 Å². The van der Waals surface area contributed by atoms with Crippen LogP contribution in [0.2, 0.25) is 0 Å². The third-order valence-electron chi connectivity index (χ3n) is 6.31. The Hall–Kier alpha value is -2.47. The monoisotopic (exact) mass is 411 g/mol. The highest BCUT2D eigenvalue weighted by Crippen LogP contribution is 2.37. The van der Waals surface area contributed by atoms with Crippen LogP contribution in [-0.4, -0.2) is 39.0 Å². The van der Waals surface area contributed by atoms with E-state index < -0.39 is 0 Å². The Kier molecular flexibility index (Phi) is 4.74. The minimum absolute atomic E-state index is 0.245. The summed E-state index contributed by atoms with van der Waals surface area (Å²) in [4.78, 5) is 11.3. The van der Waals surface area contributed by atoms with Crippen LogP contribution < -0.4 is 0 Å². The van der Waals surface area contributed by atoms with Gasteiger partial charge in [0.2, 0.25) is 0 Å². The fraction of sp³-hybridized carbons (Fsp3) is 0.409. The molecule has 0 N–H and O–H groups in total. The van der Waals surface area contributed by atoms with Crippen LogP contribution in [0.5, 0.6) is 0 Å². The van der Waals surface area contributed by atoms with Gasteiger partial charge in [-0.25, -0.2) is 9.40 Å². The van der Waals surface area contributed by atoms with Crippen molar-refractivity contribution >= 4 is 29.2 Å². The fourth-order valence-corrected chi connectivity index (χ4v) is 4.87. The highest BCUT2D eigenvalue weighted by molar-refractivity contribution is 6.31. The van der Waals surface area contributed by atoms with Gasteiger partial charge in [0.1, 0.15) is 18.0 Å². The molecule has 3 atom stereocenters. The van der Waals surface area contributed by atoms with Crippen molar-refractivity contribution < 1.29 is 4.39 Å². The number of rotatable bonds is 2. The van der Waals surface area contributed by atoms with Crippen LogP contribution in [0.4, 0.5) is 4.39 Å². The molecule has 0 bridgehead atoms. The molecule has 2 aliphatic carbocycles. The number of pyridine rings is 1. The Morgan fingerprint density at radius 3 is 2.93 bits per heavy atom. The maximum atomic E-state index is 13.5. The van der Waals surface area contributed by atoms with Crippen LogP contribution in [0.15, 0.2) is 57.6 Å². The molecule has 3 heterocycles. The van der Waals surface area contributed by atoms with Gasteiger partial charge in [-0.1, -0.05) is 17.7 Å². The van der Waals surface area contributed by atoms with Gasteiger partial charge in [0.15, 0.2) is 0 Å². The standard InChI is InChI=1S/C22H23ClFN5/c1-14-19-7-4-16(23)10-21(19)26-12-22-28(14)13-27-29(22)18-5-2-15(3-6-18)20-11-17(24)8-9-25-20/h2,8-14,18-19H,3-7H2,1H3. The number of nitrogens with zero attached hydrogens (tertiary/aromatic N) is 5. The fourth-order valence-electron chi connectivity index (χ4n) is 4.65. The molecule has 0 saturated carbocycles. The molecule has 4 aliphatic rings. The lowest BCUT2D eigenvalue weighted by Crippen LogP contribution is -2.41. The van der Waals surface area contributed by atoms with Gasteiger partial charge < -0.3 is 4.90 Å². The maximum absolute atomic E-state index is 13.5. The summed E-state index contributed by atoms with van der Waals surface area (Å²) >= 11 is 6.26. The second-order valence-corrected chi connectivity index (χ2v) is 8.50. The van der Waals surface area contributed by atoms with E-state index in [1.807, 2.05) is 18.6 Å². The van der Waals surface area contributed by atoms with E-state index in [0.29, 0.717) is 5.92 Å². The zero-order valence-electron chi connectivity index (χ0n) is 16.3. The lowest BCUT2D eigenvalue weighted by atomic mass is 9.86. The number of allylic oxidation sites excluding steroid dienone is 3. The number of halogens is 2. The molecule has 5 nitrogen and oxygen atoms in total. The Labute approximate surface area is 175 Å². The molecule has 7 heteroatoms. The van der Waals surface area contributed by atoms with Crippen molar-refractivity contribution in [3.63, 3.8) is 0 Å². The average Bonchev–Trinajstić information content (AvgIpc) is 3.10. The van der Waals surface area contributed by atoms with E-state index in [1.165, 1.54) is 18.3 Å².